The van der Waals surface area contributed by atoms with E-state index in [1.165, 1.54) is 0 Å². The molecule has 38 heavy (non-hydrogen) atoms. The van der Waals surface area contributed by atoms with Crippen molar-refractivity contribution in [3.05, 3.63) is 63.6 Å². The summed E-state index contributed by atoms with van der Waals surface area (Å²) in [5, 5.41) is 16.8. The van der Waals surface area contributed by atoms with Gasteiger partial charge in [0.1, 0.15) is 0 Å². The minimum atomic E-state index is -0.337. The number of hydrogen-bond donors (Lipinski definition) is 2. The summed E-state index contributed by atoms with van der Waals surface area (Å²) in [7, 11) is 0. The van der Waals surface area contributed by atoms with Gasteiger partial charge in [-0.25, -0.2) is 4.79 Å². The lowest BCUT2D eigenvalue weighted by molar-refractivity contribution is 0.0631. The predicted octanol–water partition coefficient (Wildman–Crippen LogP) is 6.18. The number of anilines is 2. The van der Waals surface area contributed by atoms with E-state index in [-0.39, 0.29) is 28.8 Å². The third-order valence-electron chi connectivity index (χ3n) is 7.96. The summed E-state index contributed by atoms with van der Waals surface area (Å²) < 4.78 is 0. The monoisotopic (exact) mass is 555 g/mol. The molecule has 1 aliphatic carbocycles. The number of tetrazole rings is 1. The van der Waals surface area contributed by atoms with Crippen molar-refractivity contribution >= 4 is 46.8 Å². The fraction of sp³-hybridized carbons (Fsp3) is 0.444. The Kier molecular flexibility index (Phi) is 7.09. The molecule has 1 aliphatic heterocycles. The molecule has 2 aromatic carbocycles. The maximum absolute atomic E-state index is 13.9. The van der Waals surface area contributed by atoms with Gasteiger partial charge in [-0.2, -0.15) is 5.21 Å². The Labute approximate surface area is 231 Å². The number of amides is 3. The molecule has 200 valence electrons. The maximum atomic E-state index is 13.9. The van der Waals surface area contributed by atoms with E-state index in [2.05, 4.69) is 46.7 Å². The van der Waals surface area contributed by atoms with Gasteiger partial charge in [0.05, 0.1) is 22.8 Å². The van der Waals surface area contributed by atoms with Gasteiger partial charge in [-0.1, -0.05) is 61.2 Å². The topological polar surface area (TPSA) is 107 Å². The quantitative estimate of drug-likeness (QED) is 0.391. The Morgan fingerprint density at radius 1 is 1.13 bits per heavy atom. The van der Waals surface area contributed by atoms with Gasteiger partial charge in [-0.15, -0.1) is 5.10 Å². The molecule has 2 fully saturated rings. The zero-order valence-electron chi connectivity index (χ0n) is 21.7. The number of rotatable bonds is 5. The van der Waals surface area contributed by atoms with Crippen molar-refractivity contribution in [2.45, 2.75) is 58.5 Å². The Morgan fingerprint density at radius 2 is 1.84 bits per heavy atom. The Hall–Kier alpha value is -3.17. The van der Waals surface area contributed by atoms with Gasteiger partial charge in [0.25, 0.3) is 11.9 Å². The summed E-state index contributed by atoms with van der Waals surface area (Å²) in [6.07, 6.45) is 3.97. The average Bonchev–Trinajstić information content (AvgIpc) is 3.47. The van der Waals surface area contributed by atoms with Crippen LogP contribution in [-0.2, 0) is 6.54 Å². The van der Waals surface area contributed by atoms with Crippen LogP contribution >= 0.6 is 23.2 Å². The van der Waals surface area contributed by atoms with Gasteiger partial charge in [0.15, 0.2) is 0 Å². The number of benzene rings is 2. The van der Waals surface area contributed by atoms with Crippen LogP contribution in [0.15, 0.2) is 42.5 Å². The van der Waals surface area contributed by atoms with E-state index < -0.39 is 0 Å². The molecule has 1 saturated carbocycles. The molecule has 11 heteroatoms. The molecule has 1 aromatic heterocycles. The van der Waals surface area contributed by atoms with Gasteiger partial charge in [-0.3, -0.25) is 15.0 Å². The molecule has 2 N–H and O–H groups in total. The molecule has 9 nitrogen and oxygen atoms in total. The standard InChI is InChI=1S/C27H31Cl2N7O2/c1-26(2,3)19-10-12-27(13-11-19)16-35(22-9-8-20(28)14-21(22)29)25(38)36(27)15-17-4-6-18(7-5-17)23(37)30-24-31-33-34-32-24/h4-9,14,19H,10-13,15-16H2,1-3H3,(H2,30,31,32,33,34,37). The first-order chi connectivity index (χ1) is 18.1. The van der Waals surface area contributed by atoms with Crippen molar-refractivity contribution in [1.29, 1.82) is 0 Å². The molecule has 0 unspecified atom stereocenters. The Morgan fingerprint density at radius 3 is 2.45 bits per heavy atom. The fourth-order valence-electron chi connectivity index (χ4n) is 5.70. The molecule has 0 bridgehead atoms. The zero-order chi connectivity index (χ0) is 27.1. The van der Waals surface area contributed by atoms with Crippen LogP contribution < -0.4 is 10.2 Å². The highest BCUT2D eigenvalue weighted by molar-refractivity contribution is 6.36. The van der Waals surface area contributed by atoms with Crippen LogP contribution in [0.4, 0.5) is 16.4 Å². The van der Waals surface area contributed by atoms with Crippen molar-refractivity contribution in [2.75, 3.05) is 16.8 Å². The third kappa shape index (κ3) is 5.22. The summed E-state index contributed by atoms with van der Waals surface area (Å²) in [5.41, 5.74) is 2.01. The van der Waals surface area contributed by atoms with Crippen LogP contribution in [0.25, 0.3) is 0 Å². The number of H-pyrrole nitrogens is 1. The second-order valence-corrected chi connectivity index (χ2v) is 12.1. The van der Waals surface area contributed by atoms with Crippen LogP contribution in [0.3, 0.4) is 0 Å². The van der Waals surface area contributed by atoms with E-state index in [1.54, 1.807) is 29.2 Å². The largest absolute Gasteiger partial charge is 0.325 e. The number of hydrogen-bond acceptors (Lipinski definition) is 5. The average molecular weight is 556 g/mol. The number of aromatic nitrogens is 4. The van der Waals surface area contributed by atoms with Crippen LogP contribution in [-0.4, -0.2) is 49.5 Å². The second-order valence-electron chi connectivity index (χ2n) is 11.3. The first kappa shape index (κ1) is 26.4. The van der Waals surface area contributed by atoms with E-state index in [0.29, 0.717) is 40.3 Å². The first-order valence-corrected chi connectivity index (χ1v) is 13.5. The summed E-state index contributed by atoms with van der Waals surface area (Å²) in [4.78, 5) is 30.2. The van der Waals surface area contributed by atoms with Gasteiger partial charge < -0.3 is 4.90 Å². The maximum Gasteiger partial charge on any atom is 0.325 e. The number of urea groups is 1. The molecular weight excluding hydrogens is 525 g/mol. The highest BCUT2D eigenvalue weighted by Crippen LogP contribution is 2.48. The molecule has 2 heterocycles. The lowest BCUT2D eigenvalue weighted by atomic mass is 9.67. The summed E-state index contributed by atoms with van der Waals surface area (Å²) in [6.45, 7) is 7.90. The molecule has 0 radical (unpaired) electrons. The van der Waals surface area contributed by atoms with Crippen LogP contribution in [0, 0.1) is 11.3 Å². The highest BCUT2D eigenvalue weighted by Gasteiger charge is 2.52. The highest BCUT2D eigenvalue weighted by atomic mass is 35.5. The van der Waals surface area contributed by atoms with Crippen LogP contribution in [0.2, 0.25) is 10.0 Å². The first-order valence-electron chi connectivity index (χ1n) is 12.7. The zero-order valence-corrected chi connectivity index (χ0v) is 23.2. The molecule has 1 saturated heterocycles. The SMILES string of the molecule is CC(C)(C)C1CCC2(CC1)CN(c1ccc(Cl)cc1Cl)C(=O)N2Cc1ccc(C(=O)Nc2nn[nH]n2)cc1. The molecule has 5 rings (SSSR count). The van der Waals surface area contributed by atoms with E-state index in [0.717, 1.165) is 31.2 Å². The molecular formula is C27H31Cl2N7O2. The van der Waals surface area contributed by atoms with Gasteiger partial charge in [0.2, 0.25) is 0 Å². The number of nitrogens with zero attached hydrogens (tertiary/aromatic N) is 5. The Bertz CT molecular complexity index is 1310. The van der Waals surface area contributed by atoms with Crippen molar-refractivity contribution < 1.29 is 9.59 Å². The minimum absolute atomic E-state index is 0.0673. The molecule has 0 atom stereocenters. The number of aromatic amines is 1. The Balaban J connectivity index is 1.39. The van der Waals surface area contributed by atoms with Crippen LogP contribution in [0.5, 0.6) is 0 Å². The van der Waals surface area contributed by atoms with Crippen molar-refractivity contribution in [2.24, 2.45) is 11.3 Å². The van der Waals surface area contributed by atoms with Gasteiger partial charge in [-0.05, 0) is 78.1 Å². The van der Waals surface area contributed by atoms with Gasteiger partial charge >= 0.3 is 6.03 Å². The smallest absolute Gasteiger partial charge is 0.313 e. The van der Waals surface area contributed by atoms with E-state index >= 15 is 0 Å². The fourth-order valence-corrected chi connectivity index (χ4v) is 6.21. The lowest BCUT2D eigenvalue weighted by Gasteiger charge is -2.45. The molecule has 3 amide bonds. The van der Waals surface area contributed by atoms with Crippen molar-refractivity contribution in [1.82, 2.24) is 25.5 Å². The predicted molar refractivity (Wildman–Crippen MR) is 147 cm³/mol. The number of carbonyl (C=O) groups excluding carboxylic acids is 2. The van der Waals surface area contributed by atoms with E-state index in [1.807, 2.05) is 23.1 Å². The van der Waals surface area contributed by atoms with Crippen molar-refractivity contribution in [3.8, 4) is 0 Å². The molecule has 3 aromatic rings. The van der Waals surface area contributed by atoms with Crippen LogP contribution in [0.1, 0.15) is 62.4 Å². The van der Waals surface area contributed by atoms with Crippen molar-refractivity contribution in [3.63, 3.8) is 0 Å². The summed E-state index contributed by atoms with van der Waals surface area (Å²) in [6, 6.07) is 12.4. The molecule has 2 aliphatic rings. The lowest BCUT2D eigenvalue weighted by Crippen LogP contribution is -2.50. The second kappa shape index (κ2) is 10.2. The van der Waals surface area contributed by atoms with Gasteiger partial charge in [0, 0.05) is 17.1 Å². The number of halogens is 2. The minimum Gasteiger partial charge on any atom is -0.313 e. The summed E-state index contributed by atoms with van der Waals surface area (Å²) in [5.74, 6) is 0.376. The third-order valence-corrected chi connectivity index (χ3v) is 8.49. The normalized spacial score (nSPS) is 21.8. The molecule has 1 spiro atoms. The summed E-state index contributed by atoms with van der Waals surface area (Å²) >= 11 is 12.7. The number of nitrogens with one attached hydrogen (secondary N) is 2. The van der Waals surface area contributed by atoms with E-state index in [9.17, 15) is 9.59 Å². The number of carbonyl (C=O) groups is 2. The van der Waals surface area contributed by atoms with E-state index in [4.69, 9.17) is 23.2 Å².